The molecule has 152 valence electrons. The van der Waals surface area contributed by atoms with Gasteiger partial charge in [0, 0.05) is 11.9 Å². The molecule has 4 aromatic rings. The van der Waals surface area contributed by atoms with Gasteiger partial charge in [0.05, 0.1) is 6.54 Å². The molecular weight excluding hydrogens is 378 g/mol. The number of aryl methyl sites for hydroxylation is 1. The minimum absolute atomic E-state index is 0.238. The van der Waals surface area contributed by atoms with Crippen LogP contribution in [-0.4, -0.2) is 15.3 Å². The molecular formula is C23H24N5O2+. The third-order valence-corrected chi connectivity index (χ3v) is 4.93. The van der Waals surface area contributed by atoms with Crippen molar-refractivity contribution in [2.45, 2.75) is 27.3 Å². The van der Waals surface area contributed by atoms with Gasteiger partial charge in [0.1, 0.15) is 10.9 Å². The lowest BCUT2D eigenvalue weighted by Gasteiger charge is -2.14. The van der Waals surface area contributed by atoms with E-state index >= 15 is 0 Å². The first-order valence-corrected chi connectivity index (χ1v) is 9.86. The summed E-state index contributed by atoms with van der Waals surface area (Å²) in [6.07, 6.45) is 1.67. The van der Waals surface area contributed by atoms with Crippen molar-refractivity contribution in [3.05, 3.63) is 76.2 Å². The molecule has 1 amide bonds. The van der Waals surface area contributed by atoms with Crippen LogP contribution in [-0.2, 0) is 6.54 Å². The fourth-order valence-electron chi connectivity index (χ4n) is 3.55. The molecule has 3 heterocycles. The number of benzene rings is 1. The molecule has 7 nitrogen and oxygen atoms in total. The van der Waals surface area contributed by atoms with Gasteiger partial charge in [-0.25, -0.2) is 4.57 Å². The Hall–Kier alpha value is -3.74. The van der Waals surface area contributed by atoms with E-state index in [2.05, 4.69) is 10.3 Å². The summed E-state index contributed by atoms with van der Waals surface area (Å²) in [5.41, 5.74) is 9.15. The summed E-state index contributed by atoms with van der Waals surface area (Å²) < 4.78 is 3.24. The smallest absolute Gasteiger partial charge is 0.278 e. The van der Waals surface area contributed by atoms with Crippen molar-refractivity contribution < 1.29 is 9.36 Å². The molecule has 0 saturated carbocycles. The van der Waals surface area contributed by atoms with E-state index in [0.29, 0.717) is 28.9 Å². The van der Waals surface area contributed by atoms with Crippen LogP contribution in [0, 0.1) is 12.8 Å². The van der Waals surface area contributed by atoms with Crippen molar-refractivity contribution >= 4 is 34.1 Å². The number of hydrogen-bond donors (Lipinski definition) is 2. The Morgan fingerprint density at radius 2 is 2.00 bits per heavy atom. The number of nitrogens with one attached hydrogen (secondary N) is 1. The van der Waals surface area contributed by atoms with Gasteiger partial charge in [-0.2, -0.15) is 0 Å². The maximum Gasteiger partial charge on any atom is 0.278 e. The van der Waals surface area contributed by atoms with E-state index in [0.717, 1.165) is 5.56 Å². The summed E-state index contributed by atoms with van der Waals surface area (Å²) in [6, 6.07) is 14.4. The quantitative estimate of drug-likeness (QED) is 0.405. The van der Waals surface area contributed by atoms with Crippen LogP contribution in [0.25, 0.3) is 16.7 Å². The summed E-state index contributed by atoms with van der Waals surface area (Å²) in [5, 5.41) is 3.23. The molecule has 30 heavy (non-hydrogen) atoms. The van der Waals surface area contributed by atoms with Crippen LogP contribution < -0.4 is 21.2 Å². The normalized spacial score (nSPS) is 11.3. The highest BCUT2D eigenvalue weighted by molar-refractivity contribution is 6.08. The van der Waals surface area contributed by atoms with E-state index in [-0.39, 0.29) is 28.8 Å². The summed E-state index contributed by atoms with van der Waals surface area (Å²) in [5.74, 6) is 0.162. The lowest BCUT2D eigenvalue weighted by atomic mass is 10.1. The number of anilines is 2. The van der Waals surface area contributed by atoms with Crippen LogP contribution in [0.5, 0.6) is 0 Å². The molecule has 0 aliphatic rings. The topological polar surface area (TPSA) is 93.4 Å². The number of carbonyl (C=O) groups excluding carboxylic acids is 1. The van der Waals surface area contributed by atoms with Crippen molar-refractivity contribution in [1.82, 2.24) is 9.38 Å². The average molecular weight is 402 g/mol. The number of hydrogen-bond acceptors (Lipinski definition) is 4. The Labute approximate surface area is 173 Å². The average Bonchev–Trinajstić information content (AvgIpc) is 2.70. The molecule has 7 heteroatoms. The van der Waals surface area contributed by atoms with Gasteiger partial charge in [-0.3, -0.25) is 14.0 Å². The van der Waals surface area contributed by atoms with E-state index < -0.39 is 0 Å². The second-order valence-electron chi connectivity index (χ2n) is 7.85. The molecule has 1 aromatic carbocycles. The van der Waals surface area contributed by atoms with Gasteiger partial charge in [-0.1, -0.05) is 37.0 Å². The molecule has 0 unspecified atom stereocenters. The fourth-order valence-corrected chi connectivity index (χ4v) is 3.55. The molecule has 0 radical (unpaired) electrons. The monoisotopic (exact) mass is 402 g/mol. The summed E-state index contributed by atoms with van der Waals surface area (Å²) in [7, 11) is 0. The molecule has 4 rings (SSSR count). The van der Waals surface area contributed by atoms with Crippen molar-refractivity contribution in [3.8, 4) is 0 Å². The first-order valence-electron chi connectivity index (χ1n) is 9.86. The van der Waals surface area contributed by atoms with Gasteiger partial charge in [0.2, 0.25) is 11.5 Å². The molecule has 0 aliphatic carbocycles. The third-order valence-electron chi connectivity index (χ3n) is 4.93. The van der Waals surface area contributed by atoms with Crippen LogP contribution in [0.1, 0.15) is 29.8 Å². The van der Waals surface area contributed by atoms with Gasteiger partial charge in [0.15, 0.2) is 0 Å². The highest BCUT2D eigenvalue weighted by Crippen LogP contribution is 2.18. The fraction of sp³-hybridized carbons (Fsp3) is 0.217. The SMILES string of the molecule is Cc1cccc(NC(=O)c2cc3c(=O)n4ccccc4nc3[n+](CC(C)C)c2N)c1. The zero-order valence-corrected chi connectivity index (χ0v) is 17.2. The lowest BCUT2D eigenvalue weighted by molar-refractivity contribution is -0.664. The Kier molecular flexibility index (Phi) is 4.95. The number of aromatic nitrogens is 3. The van der Waals surface area contributed by atoms with Crippen LogP contribution in [0.2, 0.25) is 0 Å². The predicted molar refractivity (Wildman–Crippen MR) is 118 cm³/mol. The number of amides is 1. The second-order valence-corrected chi connectivity index (χ2v) is 7.85. The number of nitrogens with zero attached hydrogens (tertiary/aromatic N) is 3. The van der Waals surface area contributed by atoms with Crippen molar-refractivity contribution in [2.75, 3.05) is 11.1 Å². The van der Waals surface area contributed by atoms with E-state index in [1.807, 2.05) is 51.1 Å². The minimum Gasteiger partial charge on any atom is -0.322 e. The Balaban J connectivity index is 1.94. The second kappa shape index (κ2) is 7.59. The van der Waals surface area contributed by atoms with Gasteiger partial charge in [-0.05, 0) is 48.7 Å². The van der Waals surface area contributed by atoms with Crippen LogP contribution in [0.4, 0.5) is 11.5 Å². The standard InChI is InChI=1S/C23H23N5O2/c1-14(2)13-28-20(24)17(22(29)25-16-8-6-7-15(3)11-16)12-18-21(28)26-19-9-4-5-10-27(19)23(18)30/h4-12,14,24H,13H2,1-3H3,(H,25,29)/p+1. The summed E-state index contributed by atoms with van der Waals surface area (Å²) in [6.45, 7) is 6.58. The van der Waals surface area contributed by atoms with E-state index in [9.17, 15) is 9.59 Å². The Bertz CT molecular complexity index is 1340. The van der Waals surface area contributed by atoms with Crippen LogP contribution in [0.15, 0.2) is 59.5 Å². The number of nitrogens with two attached hydrogens (primary N) is 1. The van der Waals surface area contributed by atoms with Gasteiger partial charge < -0.3 is 11.1 Å². The molecule has 0 spiro atoms. The Morgan fingerprint density at radius 1 is 1.20 bits per heavy atom. The molecule has 0 atom stereocenters. The first-order chi connectivity index (χ1) is 14.3. The number of pyridine rings is 2. The number of nitrogen functional groups attached to an aromatic ring is 1. The highest BCUT2D eigenvalue weighted by atomic mass is 16.1. The molecule has 0 bridgehead atoms. The predicted octanol–water partition coefficient (Wildman–Crippen LogP) is 2.93. The molecule has 0 saturated heterocycles. The summed E-state index contributed by atoms with van der Waals surface area (Å²) in [4.78, 5) is 30.9. The van der Waals surface area contributed by atoms with Gasteiger partial charge in [-0.15, -0.1) is 0 Å². The largest absolute Gasteiger partial charge is 0.322 e. The molecule has 0 fully saturated rings. The van der Waals surface area contributed by atoms with E-state index in [1.54, 1.807) is 29.0 Å². The number of fused-ring (bicyclic) bond motifs is 2. The van der Waals surface area contributed by atoms with Gasteiger partial charge >= 0.3 is 0 Å². The number of rotatable bonds is 4. The van der Waals surface area contributed by atoms with Gasteiger partial charge in [0.25, 0.3) is 17.1 Å². The van der Waals surface area contributed by atoms with Crippen molar-refractivity contribution in [3.63, 3.8) is 0 Å². The molecule has 3 N–H and O–H groups in total. The van der Waals surface area contributed by atoms with E-state index in [4.69, 9.17) is 5.73 Å². The van der Waals surface area contributed by atoms with Crippen molar-refractivity contribution in [2.24, 2.45) is 5.92 Å². The summed E-state index contributed by atoms with van der Waals surface area (Å²) >= 11 is 0. The lowest BCUT2D eigenvalue weighted by Crippen LogP contribution is -2.44. The van der Waals surface area contributed by atoms with Crippen LogP contribution in [0.3, 0.4) is 0 Å². The molecule has 0 aliphatic heterocycles. The maximum absolute atomic E-state index is 13.2. The van der Waals surface area contributed by atoms with E-state index in [1.165, 1.54) is 4.40 Å². The Morgan fingerprint density at radius 3 is 2.73 bits per heavy atom. The highest BCUT2D eigenvalue weighted by Gasteiger charge is 2.25. The zero-order valence-electron chi connectivity index (χ0n) is 17.2. The maximum atomic E-state index is 13.2. The number of carbonyl (C=O) groups is 1. The third kappa shape index (κ3) is 3.50. The van der Waals surface area contributed by atoms with Crippen molar-refractivity contribution in [1.29, 1.82) is 0 Å². The minimum atomic E-state index is -0.366. The van der Waals surface area contributed by atoms with Crippen LogP contribution >= 0.6 is 0 Å². The first kappa shape index (κ1) is 19.6. The molecule has 3 aromatic heterocycles. The zero-order chi connectivity index (χ0) is 21.4.